The number of benzene rings is 2. The van der Waals surface area contributed by atoms with Crippen LogP contribution in [0.3, 0.4) is 0 Å². The number of hydrogen-bond acceptors (Lipinski definition) is 3. The molecule has 1 atom stereocenters. The fourth-order valence-electron chi connectivity index (χ4n) is 3.02. The average Bonchev–Trinajstić information content (AvgIpc) is 2.90. The van der Waals surface area contributed by atoms with Crippen molar-refractivity contribution in [3.8, 4) is 5.75 Å². The molecule has 5 heteroatoms. The van der Waals surface area contributed by atoms with Crippen LogP contribution in [0.4, 0.5) is 0 Å². The van der Waals surface area contributed by atoms with Gasteiger partial charge in [-0.3, -0.25) is 0 Å². The molecule has 0 spiro atoms. The minimum atomic E-state index is -3.26. The van der Waals surface area contributed by atoms with Crippen molar-refractivity contribution >= 4 is 21.4 Å². The van der Waals surface area contributed by atoms with E-state index < -0.39 is 15.1 Å². The first-order valence-electron chi connectivity index (χ1n) is 7.12. The van der Waals surface area contributed by atoms with Crippen molar-refractivity contribution < 1.29 is 13.2 Å². The summed E-state index contributed by atoms with van der Waals surface area (Å²) in [5, 5.41) is 0.218. The van der Waals surface area contributed by atoms with Crippen LogP contribution in [0.1, 0.15) is 28.4 Å². The summed E-state index contributed by atoms with van der Waals surface area (Å²) in [6, 6.07) is 12.7. The zero-order valence-electron chi connectivity index (χ0n) is 12.3. The van der Waals surface area contributed by atoms with Crippen LogP contribution in [0.15, 0.2) is 42.5 Å². The van der Waals surface area contributed by atoms with Crippen molar-refractivity contribution in [2.24, 2.45) is 0 Å². The van der Waals surface area contributed by atoms with Crippen LogP contribution >= 0.6 is 11.6 Å². The molecule has 1 unspecified atom stereocenters. The molecule has 0 saturated carbocycles. The minimum Gasteiger partial charge on any atom is -0.497 e. The molecule has 0 saturated heterocycles. The Morgan fingerprint density at radius 3 is 2.82 bits per heavy atom. The van der Waals surface area contributed by atoms with Crippen molar-refractivity contribution in [3.05, 3.63) is 64.2 Å². The minimum absolute atomic E-state index is 0.0247. The topological polar surface area (TPSA) is 43.4 Å². The van der Waals surface area contributed by atoms with Crippen molar-refractivity contribution in [2.45, 2.75) is 23.8 Å². The summed E-state index contributed by atoms with van der Waals surface area (Å²) in [6.45, 7) is 0. The molecule has 0 heterocycles. The monoisotopic (exact) mass is 336 g/mol. The third kappa shape index (κ3) is 2.99. The Balaban J connectivity index is 1.88. The highest BCUT2D eigenvalue weighted by Gasteiger charge is 2.33. The maximum absolute atomic E-state index is 12.8. The molecule has 0 aliphatic heterocycles. The van der Waals surface area contributed by atoms with E-state index >= 15 is 0 Å². The van der Waals surface area contributed by atoms with Gasteiger partial charge in [-0.25, -0.2) is 8.42 Å². The molecule has 0 amide bonds. The van der Waals surface area contributed by atoms with Crippen LogP contribution in [0, 0.1) is 0 Å². The van der Waals surface area contributed by atoms with E-state index in [4.69, 9.17) is 16.3 Å². The zero-order valence-corrected chi connectivity index (χ0v) is 13.8. The first kappa shape index (κ1) is 15.4. The number of ether oxygens (including phenoxy) is 1. The second kappa shape index (κ2) is 5.94. The third-order valence-corrected chi connectivity index (χ3v) is 6.39. The number of hydrogen-bond donors (Lipinski definition) is 0. The van der Waals surface area contributed by atoms with E-state index in [0.717, 1.165) is 23.1 Å². The van der Waals surface area contributed by atoms with Crippen LogP contribution in [-0.4, -0.2) is 15.5 Å². The Kier molecular flexibility index (Phi) is 4.15. The number of methoxy groups -OCH3 is 1. The van der Waals surface area contributed by atoms with Gasteiger partial charge in [-0.1, -0.05) is 29.8 Å². The molecule has 0 bridgehead atoms. The van der Waals surface area contributed by atoms with Gasteiger partial charge in [-0.15, -0.1) is 0 Å². The molecular formula is C17H17ClO3S. The molecule has 1 aliphatic carbocycles. The normalized spacial score (nSPS) is 17.3. The maximum atomic E-state index is 12.8. The molecule has 3 rings (SSSR count). The molecule has 2 aromatic rings. The lowest BCUT2D eigenvalue weighted by atomic mass is 10.1. The predicted molar refractivity (Wildman–Crippen MR) is 88.1 cm³/mol. The van der Waals surface area contributed by atoms with E-state index in [1.807, 2.05) is 30.3 Å². The standard InChI is InChI=1S/C17H17ClO3S/c1-21-15-4-2-3-12(9-15)11-22(19,20)17-8-5-13-10-14(18)6-7-16(13)17/h2-4,6-7,9-10,17H,5,8,11H2,1H3. The maximum Gasteiger partial charge on any atom is 0.161 e. The molecule has 0 aromatic heterocycles. The lowest BCUT2D eigenvalue weighted by molar-refractivity contribution is 0.414. The Morgan fingerprint density at radius 2 is 2.05 bits per heavy atom. The van der Waals surface area contributed by atoms with Gasteiger partial charge in [0.25, 0.3) is 0 Å². The van der Waals surface area contributed by atoms with Gasteiger partial charge in [0.2, 0.25) is 0 Å². The van der Waals surface area contributed by atoms with Gasteiger partial charge in [-0.2, -0.15) is 0 Å². The van der Waals surface area contributed by atoms with Crippen LogP contribution in [0.25, 0.3) is 0 Å². The van der Waals surface area contributed by atoms with E-state index in [1.54, 1.807) is 19.2 Å². The fraction of sp³-hybridized carbons (Fsp3) is 0.294. The van der Waals surface area contributed by atoms with Gasteiger partial charge in [0.05, 0.1) is 18.1 Å². The van der Waals surface area contributed by atoms with Crippen molar-refractivity contribution in [1.82, 2.24) is 0 Å². The third-order valence-electron chi connectivity index (χ3n) is 4.06. The Bertz CT molecular complexity index is 799. The number of sulfone groups is 1. The SMILES string of the molecule is COc1cccc(CS(=O)(=O)C2CCc3cc(Cl)ccc32)c1. The van der Waals surface area contributed by atoms with Crippen LogP contribution in [-0.2, 0) is 22.0 Å². The Hall–Kier alpha value is -1.52. The van der Waals surface area contributed by atoms with Gasteiger partial charge in [-0.05, 0) is 53.8 Å². The molecule has 2 aromatic carbocycles. The molecular weight excluding hydrogens is 320 g/mol. The lowest BCUT2D eigenvalue weighted by Gasteiger charge is -2.14. The summed E-state index contributed by atoms with van der Waals surface area (Å²) in [4.78, 5) is 0. The smallest absolute Gasteiger partial charge is 0.161 e. The van der Waals surface area contributed by atoms with E-state index in [0.29, 0.717) is 17.2 Å². The summed E-state index contributed by atoms with van der Waals surface area (Å²) < 4.78 is 30.7. The van der Waals surface area contributed by atoms with Crippen molar-refractivity contribution in [1.29, 1.82) is 0 Å². The van der Waals surface area contributed by atoms with E-state index in [2.05, 4.69) is 0 Å². The van der Waals surface area contributed by atoms with Gasteiger partial charge < -0.3 is 4.74 Å². The highest BCUT2D eigenvalue weighted by Crippen LogP contribution is 2.39. The largest absolute Gasteiger partial charge is 0.497 e. The Morgan fingerprint density at radius 1 is 1.23 bits per heavy atom. The van der Waals surface area contributed by atoms with Gasteiger partial charge in [0.1, 0.15) is 5.75 Å². The molecule has 0 N–H and O–H groups in total. The summed E-state index contributed by atoms with van der Waals surface area (Å²) >= 11 is 5.99. The van der Waals surface area contributed by atoms with Crippen LogP contribution in [0.5, 0.6) is 5.75 Å². The van der Waals surface area contributed by atoms with Gasteiger partial charge >= 0.3 is 0 Å². The van der Waals surface area contributed by atoms with Crippen molar-refractivity contribution in [3.63, 3.8) is 0 Å². The first-order valence-corrected chi connectivity index (χ1v) is 9.22. The molecule has 1 aliphatic rings. The van der Waals surface area contributed by atoms with Crippen LogP contribution in [0.2, 0.25) is 5.02 Å². The number of fused-ring (bicyclic) bond motifs is 1. The summed E-state index contributed by atoms with van der Waals surface area (Å²) in [5.74, 6) is 0.697. The van der Waals surface area contributed by atoms with Gasteiger partial charge in [0, 0.05) is 5.02 Å². The number of aryl methyl sites for hydroxylation is 1. The first-order chi connectivity index (χ1) is 10.5. The lowest BCUT2D eigenvalue weighted by Crippen LogP contribution is -2.13. The number of halogens is 1. The molecule has 0 fully saturated rings. The highest BCUT2D eigenvalue weighted by molar-refractivity contribution is 7.90. The summed E-state index contributed by atoms with van der Waals surface area (Å²) in [7, 11) is -1.69. The van der Waals surface area contributed by atoms with Gasteiger partial charge in [0.15, 0.2) is 9.84 Å². The second-order valence-corrected chi connectivity index (χ2v) is 8.15. The van der Waals surface area contributed by atoms with E-state index in [9.17, 15) is 8.42 Å². The van der Waals surface area contributed by atoms with E-state index in [-0.39, 0.29) is 5.75 Å². The zero-order chi connectivity index (χ0) is 15.7. The second-order valence-electron chi connectivity index (χ2n) is 5.53. The molecule has 22 heavy (non-hydrogen) atoms. The average molecular weight is 337 g/mol. The molecule has 0 radical (unpaired) electrons. The predicted octanol–water partition coefficient (Wildman–Crippen LogP) is 3.95. The summed E-state index contributed by atoms with van der Waals surface area (Å²) in [5.41, 5.74) is 2.70. The van der Waals surface area contributed by atoms with Crippen molar-refractivity contribution in [2.75, 3.05) is 7.11 Å². The summed E-state index contributed by atoms with van der Waals surface area (Å²) in [6.07, 6.45) is 1.39. The number of rotatable bonds is 4. The van der Waals surface area contributed by atoms with E-state index in [1.165, 1.54) is 0 Å². The molecule has 3 nitrogen and oxygen atoms in total. The molecule has 116 valence electrons. The highest BCUT2D eigenvalue weighted by atomic mass is 35.5. The quantitative estimate of drug-likeness (QED) is 0.849. The Labute approximate surface area is 135 Å². The van der Waals surface area contributed by atoms with Crippen LogP contribution < -0.4 is 4.74 Å². The fourth-order valence-corrected chi connectivity index (χ4v) is 5.15.